The van der Waals surface area contributed by atoms with Gasteiger partial charge in [0.1, 0.15) is 0 Å². The zero-order valence-electron chi connectivity index (χ0n) is 29.1. The molecule has 3 heterocycles. The molecule has 7 nitrogen and oxygen atoms in total. The fraction of sp³-hybridized carbons (Fsp3) is 0.429. The number of pyridine rings is 1. The first-order chi connectivity index (χ1) is 23.6. The molecular weight excluding hydrogens is 610 g/mol. The number of ether oxygens (including phenoxy) is 2. The summed E-state index contributed by atoms with van der Waals surface area (Å²) in [6.45, 7) is 12.0. The van der Waals surface area contributed by atoms with E-state index in [1.807, 2.05) is 24.3 Å². The number of aliphatic hydroxyl groups excluding tert-OH is 1. The van der Waals surface area contributed by atoms with E-state index in [9.17, 15) is 9.90 Å². The number of benzene rings is 3. The first kappa shape index (κ1) is 33.6. The third-order valence-corrected chi connectivity index (χ3v) is 10.9. The molecule has 7 rings (SSSR count). The quantitative estimate of drug-likeness (QED) is 0.190. The standard InChI is InChI=1S/C42H49N3O4/c1-28-37(24-45-27-42(4)21-36(45)20-41(2,3)26-42)48-40(49-38(28)31-15-13-29(25-46)14-16-31)34-11-6-10-33(19-34)32-9-5-8-30(18-32)22-44-39(47)35-12-7-17-43-23-35/h5-19,23,28,36-38,40,46H,20-22,24-27H2,1-4H3,(H,44,47). The molecule has 1 aromatic heterocycles. The van der Waals surface area contributed by atoms with Crippen LogP contribution in [0.2, 0.25) is 0 Å². The average Bonchev–Trinajstić information content (AvgIpc) is 3.35. The Labute approximate surface area is 290 Å². The Morgan fingerprint density at radius 3 is 2.45 bits per heavy atom. The van der Waals surface area contributed by atoms with Crippen molar-refractivity contribution in [2.75, 3.05) is 13.1 Å². The van der Waals surface area contributed by atoms with Crippen LogP contribution in [0.5, 0.6) is 0 Å². The summed E-state index contributed by atoms with van der Waals surface area (Å²) in [4.78, 5) is 19.4. The van der Waals surface area contributed by atoms with Crippen LogP contribution in [-0.4, -0.2) is 46.1 Å². The maximum atomic E-state index is 12.6. The van der Waals surface area contributed by atoms with Gasteiger partial charge in [-0.25, -0.2) is 0 Å². The van der Waals surface area contributed by atoms with Gasteiger partial charge in [-0.3, -0.25) is 14.7 Å². The van der Waals surface area contributed by atoms with Gasteiger partial charge in [0.05, 0.1) is 24.4 Å². The number of nitrogens with zero attached hydrogens (tertiary/aromatic N) is 2. The molecule has 6 atom stereocenters. The van der Waals surface area contributed by atoms with Gasteiger partial charge >= 0.3 is 0 Å². The number of amides is 1. The Kier molecular flexibility index (Phi) is 9.46. The molecule has 3 aliphatic rings. The van der Waals surface area contributed by atoms with Gasteiger partial charge in [-0.15, -0.1) is 0 Å². The van der Waals surface area contributed by atoms with Crippen LogP contribution in [0.25, 0.3) is 11.1 Å². The van der Waals surface area contributed by atoms with E-state index in [0.717, 1.165) is 46.5 Å². The van der Waals surface area contributed by atoms with Gasteiger partial charge in [0, 0.05) is 49.6 Å². The van der Waals surface area contributed by atoms with Crippen LogP contribution in [-0.2, 0) is 22.6 Å². The number of rotatable bonds is 9. The molecule has 1 aliphatic carbocycles. The van der Waals surface area contributed by atoms with E-state index in [1.54, 1.807) is 24.5 Å². The van der Waals surface area contributed by atoms with Crippen molar-refractivity contribution < 1.29 is 19.4 Å². The molecule has 2 saturated heterocycles. The molecule has 0 spiro atoms. The lowest BCUT2D eigenvalue weighted by atomic mass is 9.65. The average molecular weight is 660 g/mol. The van der Waals surface area contributed by atoms with Crippen LogP contribution in [0.1, 0.15) is 92.0 Å². The highest BCUT2D eigenvalue weighted by atomic mass is 16.7. The maximum absolute atomic E-state index is 12.6. The summed E-state index contributed by atoms with van der Waals surface area (Å²) in [7, 11) is 0. The molecule has 1 amide bonds. The smallest absolute Gasteiger partial charge is 0.253 e. The lowest BCUT2D eigenvalue weighted by molar-refractivity contribution is -0.276. The molecule has 4 aromatic rings. The van der Waals surface area contributed by atoms with Gasteiger partial charge in [0.15, 0.2) is 6.29 Å². The molecule has 49 heavy (non-hydrogen) atoms. The maximum Gasteiger partial charge on any atom is 0.253 e. The number of carbonyl (C=O) groups is 1. The van der Waals surface area contributed by atoms with Gasteiger partial charge in [0.2, 0.25) is 0 Å². The second kappa shape index (κ2) is 13.8. The first-order valence-electron chi connectivity index (χ1n) is 17.7. The van der Waals surface area contributed by atoms with Crippen molar-refractivity contribution in [3.05, 3.63) is 125 Å². The van der Waals surface area contributed by atoms with Crippen LogP contribution >= 0.6 is 0 Å². The molecule has 7 heteroatoms. The predicted octanol–water partition coefficient (Wildman–Crippen LogP) is 7.86. The molecule has 2 bridgehead atoms. The highest BCUT2D eigenvalue weighted by Crippen LogP contribution is 2.53. The second-order valence-corrected chi connectivity index (χ2v) is 15.7. The SMILES string of the molecule is CC1C(CN2CC3(C)CC2CC(C)(C)C3)OC(c2cccc(-c3cccc(CNC(=O)c4cccnc4)c3)c2)OC1c1ccc(CO)cc1. The Morgan fingerprint density at radius 1 is 0.918 bits per heavy atom. The first-order valence-corrected chi connectivity index (χ1v) is 17.7. The van der Waals surface area contributed by atoms with E-state index < -0.39 is 6.29 Å². The largest absolute Gasteiger partial charge is 0.392 e. The van der Waals surface area contributed by atoms with Crippen molar-refractivity contribution in [1.29, 1.82) is 0 Å². The molecule has 1 saturated carbocycles. The summed E-state index contributed by atoms with van der Waals surface area (Å²) in [6.07, 6.45) is 6.30. The lowest BCUT2D eigenvalue weighted by Crippen LogP contribution is -2.46. The zero-order chi connectivity index (χ0) is 34.2. The Bertz CT molecular complexity index is 1760. The summed E-state index contributed by atoms with van der Waals surface area (Å²) in [5, 5.41) is 12.7. The number of hydrogen-bond acceptors (Lipinski definition) is 6. The van der Waals surface area contributed by atoms with Crippen molar-refractivity contribution >= 4 is 5.91 Å². The number of carbonyl (C=O) groups excluding carboxylic acids is 1. The number of hydrogen-bond donors (Lipinski definition) is 2. The fourth-order valence-corrected chi connectivity index (χ4v) is 8.86. The minimum atomic E-state index is -0.528. The van der Waals surface area contributed by atoms with E-state index in [2.05, 4.69) is 91.4 Å². The van der Waals surface area contributed by atoms with E-state index in [4.69, 9.17) is 9.47 Å². The third-order valence-electron chi connectivity index (χ3n) is 10.9. The van der Waals surface area contributed by atoms with Crippen LogP contribution < -0.4 is 5.32 Å². The van der Waals surface area contributed by atoms with Gasteiger partial charge in [-0.05, 0) is 82.2 Å². The van der Waals surface area contributed by atoms with Crippen molar-refractivity contribution in [3.8, 4) is 11.1 Å². The van der Waals surface area contributed by atoms with Gasteiger partial charge < -0.3 is 19.9 Å². The Morgan fingerprint density at radius 2 is 1.69 bits per heavy atom. The van der Waals surface area contributed by atoms with Crippen LogP contribution in [0.3, 0.4) is 0 Å². The highest BCUT2D eigenvalue weighted by Gasteiger charge is 2.51. The molecule has 3 fully saturated rings. The minimum absolute atomic E-state index is 0.0114. The molecule has 256 valence electrons. The van der Waals surface area contributed by atoms with E-state index in [0.29, 0.717) is 29.0 Å². The van der Waals surface area contributed by atoms with Crippen molar-refractivity contribution in [2.45, 2.75) is 84.6 Å². The molecule has 2 aliphatic heterocycles. The predicted molar refractivity (Wildman–Crippen MR) is 191 cm³/mol. The Balaban J connectivity index is 1.13. The molecule has 2 N–H and O–H groups in total. The number of aromatic nitrogens is 1. The summed E-state index contributed by atoms with van der Waals surface area (Å²) in [5.41, 5.74) is 7.37. The zero-order valence-corrected chi connectivity index (χ0v) is 29.1. The lowest BCUT2D eigenvalue weighted by Gasteiger charge is -2.43. The molecule has 3 aromatic carbocycles. The molecule has 0 radical (unpaired) electrons. The van der Waals surface area contributed by atoms with E-state index >= 15 is 0 Å². The topological polar surface area (TPSA) is 83.9 Å². The number of fused-ring (bicyclic) bond motifs is 2. The monoisotopic (exact) mass is 659 g/mol. The van der Waals surface area contributed by atoms with Crippen LogP contribution in [0.4, 0.5) is 0 Å². The number of likely N-dealkylation sites (tertiary alicyclic amines) is 1. The number of aliphatic hydroxyl groups is 1. The highest BCUT2D eigenvalue weighted by molar-refractivity contribution is 5.93. The third kappa shape index (κ3) is 7.51. The minimum Gasteiger partial charge on any atom is -0.392 e. The van der Waals surface area contributed by atoms with Gasteiger partial charge in [0.25, 0.3) is 5.91 Å². The van der Waals surface area contributed by atoms with Gasteiger partial charge in [-0.2, -0.15) is 0 Å². The molecule has 6 unspecified atom stereocenters. The normalized spacial score (nSPS) is 27.9. The van der Waals surface area contributed by atoms with Crippen LogP contribution in [0, 0.1) is 16.7 Å². The molecular formula is C42H49N3O4. The summed E-state index contributed by atoms with van der Waals surface area (Å²) >= 11 is 0. The van der Waals surface area contributed by atoms with Crippen molar-refractivity contribution in [2.24, 2.45) is 16.7 Å². The van der Waals surface area contributed by atoms with Crippen molar-refractivity contribution in [1.82, 2.24) is 15.2 Å². The van der Waals surface area contributed by atoms with E-state index in [1.165, 1.54) is 19.3 Å². The number of nitrogens with one attached hydrogen (secondary N) is 1. The van der Waals surface area contributed by atoms with Gasteiger partial charge in [-0.1, -0.05) is 88.4 Å². The Hall–Kier alpha value is -3.88. The summed E-state index contributed by atoms with van der Waals surface area (Å²) < 4.78 is 13.8. The fourth-order valence-electron chi connectivity index (χ4n) is 8.86. The summed E-state index contributed by atoms with van der Waals surface area (Å²) in [6, 6.07) is 29.0. The van der Waals surface area contributed by atoms with Crippen molar-refractivity contribution in [3.63, 3.8) is 0 Å². The second-order valence-electron chi connectivity index (χ2n) is 15.7. The van der Waals surface area contributed by atoms with Crippen LogP contribution in [0.15, 0.2) is 97.3 Å². The van der Waals surface area contributed by atoms with E-state index in [-0.39, 0.29) is 30.6 Å². The summed E-state index contributed by atoms with van der Waals surface area (Å²) in [5.74, 6) is -0.00845.